The summed E-state index contributed by atoms with van der Waals surface area (Å²) in [7, 11) is -4.14. The van der Waals surface area contributed by atoms with Crippen molar-refractivity contribution in [2.24, 2.45) is 5.73 Å². The van der Waals surface area contributed by atoms with Gasteiger partial charge >= 0.3 is 7.82 Å². The fourth-order valence-electron chi connectivity index (χ4n) is 2.52. The number of unbranched alkanes of at least 4 members (excludes halogenated alkanes) is 3. The van der Waals surface area contributed by atoms with Gasteiger partial charge in [-0.25, -0.2) is 4.57 Å². The molecule has 0 bridgehead atoms. The number of phosphoric acid groups is 1. The van der Waals surface area contributed by atoms with Crippen molar-refractivity contribution in [3.8, 4) is 0 Å². The van der Waals surface area contributed by atoms with E-state index < -0.39 is 32.2 Å². The van der Waals surface area contributed by atoms with E-state index in [0.717, 1.165) is 19.3 Å². The second kappa shape index (κ2) is 10.8. The number of ether oxygens (including phenoxy) is 2. The minimum atomic E-state index is -4.14. The predicted octanol–water partition coefficient (Wildman–Crippen LogP) is 1.58. The lowest BCUT2D eigenvalue weighted by molar-refractivity contribution is -0.0774. The summed E-state index contributed by atoms with van der Waals surface area (Å²) in [5.41, 5.74) is 5.40. The Balaban J connectivity index is 2.35. The smallest absolute Gasteiger partial charge is 0.388 e. The van der Waals surface area contributed by atoms with Gasteiger partial charge in [-0.3, -0.25) is 9.05 Å². The summed E-state index contributed by atoms with van der Waals surface area (Å²) in [6.45, 7) is 6.02. The first-order chi connectivity index (χ1) is 11.3. The number of hydrogen-bond acceptors (Lipinski definition) is 7. The van der Waals surface area contributed by atoms with Crippen molar-refractivity contribution in [1.82, 2.24) is 0 Å². The number of rotatable bonds is 12. The summed E-state index contributed by atoms with van der Waals surface area (Å²) < 4.78 is 33.0. The molecule has 1 aliphatic heterocycles. The normalized spacial score (nSPS) is 30.0. The molecule has 0 aromatic carbocycles. The fourth-order valence-corrected chi connectivity index (χ4v) is 3.29. The predicted molar refractivity (Wildman–Crippen MR) is 89.6 cm³/mol. The van der Waals surface area contributed by atoms with Crippen LogP contribution in [0.5, 0.6) is 0 Å². The van der Waals surface area contributed by atoms with E-state index in [0.29, 0.717) is 13.0 Å². The number of phosphoric ester groups is 1. The molecule has 0 aliphatic carbocycles. The third kappa shape index (κ3) is 7.89. The molecule has 0 saturated carbocycles. The summed E-state index contributed by atoms with van der Waals surface area (Å²) in [4.78, 5) is 9.71. The first-order valence-corrected chi connectivity index (χ1v) is 10.1. The Morgan fingerprint density at radius 2 is 1.88 bits per heavy atom. The van der Waals surface area contributed by atoms with Crippen LogP contribution in [0.15, 0.2) is 0 Å². The van der Waals surface area contributed by atoms with Gasteiger partial charge in [0.1, 0.15) is 18.3 Å². The highest BCUT2D eigenvalue weighted by molar-refractivity contribution is 7.47. The highest BCUT2D eigenvalue weighted by Gasteiger charge is 2.43. The Morgan fingerprint density at radius 1 is 1.21 bits per heavy atom. The quantitative estimate of drug-likeness (QED) is 0.350. The minimum absolute atomic E-state index is 0.105. The van der Waals surface area contributed by atoms with E-state index in [1.54, 1.807) is 6.92 Å². The van der Waals surface area contributed by atoms with Crippen LogP contribution in [0, 0.1) is 0 Å². The second-order valence-corrected chi connectivity index (χ2v) is 7.77. The maximum absolute atomic E-state index is 11.9. The monoisotopic (exact) mass is 369 g/mol. The van der Waals surface area contributed by atoms with Crippen molar-refractivity contribution in [1.29, 1.82) is 0 Å². The Kier molecular flexibility index (Phi) is 9.93. The van der Waals surface area contributed by atoms with Crippen LogP contribution in [0.3, 0.4) is 0 Å². The van der Waals surface area contributed by atoms with Crippen LogP contribution in [0.4, 0.5) is 0 Å². The van der Waals surface area contributed by atoms with Gasteiger partial charge in [-0.05, 0) is 40.2 Å². The molecule has 0 radical (unpaired) electrons. The highest BCUT2D eigenvalue weighted by Crippen LogP contribution is 2.44. The molecule has 1 aliphatic rings. The second-order valence-electron chi connectivity index (χ2n) is 6.32. The summed E-state index contributed by atoms with van der Waals surface area (Å²) in [5.74, 6) is 0. The maximum atomic E-state index is 11.9. The lowest BCUT2D eigenvalue weighted by Crippen LogP contribution is -2.38. The van der Waals surface area contributed by atoms with Gasteiger partial charge in [-0.15, -0.1) is 0 Å². The largest absolute Gasteiger partial charge is 0.472 e. The van der Waals surface area contributed by atoms with Crippen molar-refractivity contribution < 1.29 is 33.1 Å². The van der Waals surface area contributed by atoms with E-state index in [-0.39, 0.29) is 19.3 Å². The zero-order chi connectivity index (χ0) is 18.2. The molecule has 0 spiro atoms. The zero-order valence-electron chi connectivity index (χ0n) is 14.8. The minimum Gasteiger partial charge on any atom is -0.388 e. The Bertz CT molecular complexity index is 396. The average molecular weight is 369 g/mol. The molecule has 0 amide bonds. The topological polar surface area (TPSA) is 120 Å². The van der Waals surface area contributed by atoms with Gasteiger partial charge in [0.2, 0.25) is 0 Å². The molecule has 5 atom stereocenters. The molecule has 1 saturated heterocycles. The van der Waals surface area contributed by atoms with Crippen LogP contribution < -0.4 is 5.73 Å². The third-order valence-corrected chi connectivity index (χ3v) is 4.74. The standard InChI is InChI=1S/C15H32NO7P/c1-11(2)22-15-13(23-12(3)14(15)17)10-21-24(18,19)20-9-7-5-4-6-8-16/h11-15,17H,4-10,16H2,1-3H3,(H,18,19)/t12-,13+,14?,15-/m0/s1. The molecule has 1 rings (SSSR count). The van der Waals surface area contributed by atoms with Crippen LogP contribution >= 0.6 is 7.82 Å². The van der Waals surface area contributed by atoms with Crippen molar-refractivity contribution in [3.63, 3.8) is 0 Å². The molecule has 9 heteroatoms. The molecule has 24 heavy (non-hydrogen) atoms. The third-order valence-electron chi connectivity index (χ3n) is 3.76. The van der Waals surface area contributed by atoms with Gasteiger partial charge < -0.3 is 25.2 Å². The van der Waals surface area contributed by atoms with Gasteiger partial charge in [-0.1, -0.05) is 12.8 Å². The summed E-state index contributed by atoms with van der Waals surface area (Å²) in [5, 5.41) is 10.1. The van der Waals surface area contributed by atoms with E-state index in [2.05, 4.69) is 0 Å². The summed E-state index contributed by atoms with van der Waals surface area (Å²) in [6, 6.07) is 0. The van der Waals surface area contributed by atoms with Gasteiger partial charge in [0.15, 0.2) is 0 Å². The number of aliphatic hydroxyl groups is 1. The molecular formula is C15H32NO7P. The van der Waals surface area contributed by atoms with Crippen molar-refractivity contribution >= 4 is 7.82 Å². The molecular weight excluding hydrogens is 337 g/mol. The van der Waals surface area contributed by atoms with Gasteiger partial charge in [-0.2, -0.15) is 0 Å². The van der Waals surface area contributed by atoms with E-state index in [9.17, 15) is 14.6 Å². The first kappa shape index (κ1) is 22.0. The lowest BCUT2D eigenvalue weighted by Gasteiger charge is -2.23. The molecule has 144 valence electrons. The number of hydrogen-bond donors (Lipinski definition) is 3. The van der Waals surface area contributed by atoms with Crippen LogP contribution in [-0.4, -0.2) is 60.3 Å². The van der Waals surface area contributed by atoms with Crippen LogP contribution in [0.1, 0.15) is 46.5 Å². The molecule has 1 fully saturated rings. The molecule has 2 unspecified atom stereocenters. The molecule has 8 nitrogen and oxygen atoms in total. The van der Waals surface area contributed by atoms with Gasteiger partial charge in [0.05, 0.1) is 25.4 Å². The Morgan fingerprint density at radius 3 is 2.50 bits per heavy atom. The van der Waals surface area contributed by atoms with Crippen LogP contribution in [0.25, 0.3) is 0 Å². The zero-order valence-corrected chi connectivity index (χ0v) is 15.7. The van der Waals surface area contributed by atoms with Gasteiger partial charge in [0, 0.05) is 0 Å². The van der Waals surface area contributed by atoms with Gasteiger partial charge in [0.25, 0.3) is 0 Å². The number of aliphatic hydroxyl groups excluding tert-OH is 1. The summed E-state index contributed by atoms with van der Waals surface area (Å²) >= 11 is 0. The van der Waals surface area contributed by atoms with E-state index in [1.165, 1.54) is 0 Å². The Labute approximate surface area is 144 Å². The van der Waals surface area contributed by atoms with E-state index in [4.69, 9.17) is 24.3 Å². The SMILES string of the molecule is CC(C)O[C@@H]1C(O)[C@H](C)O[C@@H]1COP(=O)(O)OCCCCCCN. The maximum Gasteiger partial charge on any atom is 0.472 e. The van der Waals surface area contributed by atoms with Crippen molar-refractivity contribution in [3.05, 3.63) is 0 Å². The molecule has 4 N–H and O–H groups in total. The van der Waals surface area contributed by atoms with Crippen molar-refractivity contribution in [2.75, 3.05) is 19.8 Å². The lowest BCUT2D eigenvalue weighted by atomic mass is 10.1. The average Bonchev–Trinajstić information content (AvgIpc) is 2.76. The summed E-state index contributed by atoms with van der Waals surface area (Å²) in [6.07, 6.45) is 0.903. The fraction of sp³-hybridized carbons (Fsp3) is 1.00. The van der Waals surface area contributed by atoms with E-state index in [1.807, 2.05) is 13.8 Å². The van der Waals surface area contributed by atoms with Crippen LogP contribution in [0.2, 0.25) is 0 Å². The van der Waals surface area contributed by atoms with Crippen LogP contribution in [-0.2, 0) is 23.1 Å². The number of nitrogens with two attached hydrogens (primary N) is 1. The molecule has 1 heterocycles. The highest BCUT2D eigenvalue weighted by atomic mass is 31.2. The first-order valence-electron chi connectivity index (χ1n) is 8.57. The van der Waals surface area contributed by atoms with E-state index >= 15 is 0 Å². The Hall–Kier alpha value is -0.0500. The van der Waals surface area contributed by atoms with Crippen molar-refractivity contribution in [2.45, 2.75) is 77.0 Å². The molecule has 0 aromatic heterocycles. The molecule has 0 aromatic rings.